The van der Waals surface area contributed by atoms with Gasteiger partial charge in [-0.1, -0.05) is 24.3 Å². The van der Waals surface area contributed by atoms with Crippen LogP contribution in [0.5, 0.6) is 0 Å². The van der Waals surface area contributed by atoms with Crippen molar-refractivity contribution in [3.8, 4) is 0 Å². The van der Waals surface area contributed by atoms with Gasteiger partial charge >= 0.3 is 0 Å². The number of hydrogen-bond donors (Lipinski definition) is 0. The molecule has 0 saturated carbocycles. The molecule has 2 heterocycles. The highest BCUT2D eigenvalue weighted by Crippen LogP contribution is 2.11. The Hall–Kier alpha value is -3.16. The average Bonchev–Trinajstić information content (AvgIpc) is 3.09. The molecule has 4 rings (SSSR count). The Kier molecular flexibility index (Phi) is 2.25. The lowest BCUT2D eigenvalue weighted by Crippen LogP contribution is -1.95. The van der Waals surface area contributed by atoms with Gasteiger partial charge in [0.15, 0.2) is 0 Å². The van der Waals surface area contributed by atoms with Crippen molar-refractivity contribution in [2.24, 2.45) is 10.4 Å². The van der Waals surface area contributed by atoms with Crippen molar-refractivity contribution in [3.63, 3.8) is 0 Å². The number of aromatic nitrogens is 6. The fourth-order valence-electron chi connectivity index (χ4n) is 1.92. The first-order valence-electron chi connectivity index (χ1n) is 5.95. The van der Waals surface area contributed by atoms with Crippen LogP contribution in [0.25, 0.3) is 22.1 Å². The first kappa shape index (κ1) is 10.7. The summed E-state index contributed by atoms with van der Waals surface area (Å²) in [5, 5.41) is 23.9. The molecule has 2 aromatic heterocycles. The van der Waals surface area contributed by atoms with Crippen LogP contribution in [-0.2, 0) is 0 Å². The Balaban J connectivity index is 1.78. The van der Waals surface area contributed by atoms with Crippen molar-refractivity contribution in [3.05, 3.63) is 48.5 Å². The van der Waals surface area contributed by atoms with Crippen LogP contribution in [0.15, 0.2) is 59.0 Å². The van der Waals surface area contributed by atoms with Gasteiger partial charge in [0, 0.05) is 0 Å². The SMILES string of the molecule is c1ccc2c(c1)nnn2N=Nn1nnc2ccccc21. The maximum absolute atomic E-state index is 4.02. The van der Waals surface area contributed by atoms with Gasteiger partial charge in [0.1, 0.15) is 22.1 Å². The van der Waals surface area contributed by atoms with Gasteiger partial charge in [-0.2, -0.15) is 0 Å². The number of rotatable bonds is 2. The van der Waals surface area contributed by atoms with Crippen LogP contribution in [0.3, 0.4) is 0 Å². The minimum absolute atomic E-state index is 0.759. The summed E-state index contributed by atoms with van der Waals surface area (Å²) in [6.45, 7) is 0. The highest BCUT2D eigenvalue weighted by atomic mass is 15.7. The van der Waals surface area contributed by atoms with Gasteiger partial charge in [0.2, 0.25) is 0 Å². The Morgan fingerprint density at radius 1 is 0.650 bits per heavy atom. The predicted molar refractivity (Wildman–Crippen MR) is 70.7 cm³/mol. The highest BCUT2D eigenvalue weighted by Gasteiger charge is 2.04. The summed E-state index contributed by atoms with van der Waals surface area (Å²) >= 11 is 0. The molecular formula is C12H8N8. The van der Waals surface area contributed by atoms with Crippen LogP contribution in [0.4, 0.5) is 0 Å². The van der Waals surface area contributed by atoms with Crippen LogP contribution < -0.4 is 0 Å². The first-order valence-corrected chi connectivity index (χ1v) is 5.95. The van der Waals surface area contributed by atoms with Gasteiger partial charge in [-0.25, -0.2) is 0 Å². The lowest BCUT2D eigenvalue weighted by atomic mass is 10.3. The topological polar surface area (TPSA) is 86.1 Å². The van der Waals surface area contributed by atoms with Gasteiger partial charge in [0.05, 0.1) is 0 Å². The Bertz CT molecular complexity index is 843. The number of benzene rings is 2. The largest absolute Gasteiger partial charge is 0.128 e. The number of hydrogen-bond acceptors (Lipinski definition) is 6. The number of para-hydroxylation sites is 2. The first-order chi connectivity index (χ1) is 9.92. The Morgan fingerprint density at radius 2 is 1.10 bits per heavy atom. The lowest BCUT2D eigenvalue weighted by Gasteiger charge is -1.92. The van der Waals surface area contributed by atoms with Crippen molar-refractivity contribution < 1.29 is 0 Å². The fraction of sp³-hybridized carbons (Fsp3) is 0. The quantitative estimate of drug-likeness (QED) is 0.517. The lowest BCUT2D eigenvalue weighted by molar-refractivity contribution is 0.582. The zero-order valence-electron chi connectivity index (χ0n) is 10.2. The molecule has 0 atom stereocenters. The van der Waals surface area contributed by atoms with Crippen LogP contribution in [0.2, 0.25) is 0 Å². The van der Waals surface area contributed by atoms with Gasteiger partial charge in [-0.3, -0.25) is 0 Å². The summed E-state index contributed by atoms with van der Waals surface area (Å²) in [7, 11) is 0. The van der Waals surface area contributed by atoms with E-state index >= 15 is 0 Å². The van der Waals surface area contributed by atoms with E-state index in [2.05, 4.69) is 31.1 Å². The van der Waals surface area contributed by atoms with E-state index in [1.807, 2.05) is 48.5 Å². The van der Waals surface area contributed by atoms with Crippen molar-refractivity contribution >= 4 is 22.1 Å². The summed E-state index contributed by atoms with van der Waals surface area (Å²) in [6, 6.07) is 15.0. The zero-order chi connectivity index (χ0) is 13.4. The van der Waals surface area contributed by atoms with Crippen LogP contribution in [0, 0.1) is 0 Å². The third-order valence-electron chi connectivity index (χ3n) is 2.88. The molecule has 0 N–H and O–H groups in total. The van der Waals surface area contributed by atoms with E-state index in [9.17, 15) is 0 Å². The molecule has 0 aliphatic heterocycles. The minimum atomic E-state index is 0.759. The average molecular weight is 264 g/mol. The maximum atomic E-state index is 4.02. The van der Waals surface area contributed by atoms with Crippen molar-refractivity contribution in [2.45, 2.75) is 0 Å². The monoisotopic (exact) mass is 264 g/mol. The molecule has 0 bridgehead atoms. The number of nitrogens with zero attached hydrogens (tertiary/aromatic N) is 8. The molecule has 4 aromatic rings. The Labute approximate surface area is 112 Å². The van der Waals surface area contributed by atoms with Crippen LogP contribution in [0.1, 0.15) is 0 Å². The molecule has 8 nitrogen and oxygen atoms in total. The summed E-state index contributed by atoms with van der Waals surface area (Å²) in [4.78, 5) is 2.71. The Morgan fingerprint density at radius 3 is 1.60 bits per heavy atom. The third-order valence-corrected chi connectivity index (χ3v) is 2.88. The summed E-state index contributed by atoms with van der Waals surface area (Å²) < 4.78 is 0. The molecule has 0 aliphatic rings. The van der Waals surface area contributed by atoms with E-state index in [0.29, 0.717) is 0 Å². The smallest absolute Gasteiger partial charge is 0.117 e. The van der Waals surface area contributed by atoms with Gasteiger partial charge in [-0.05, 0) is 45.1 Å². The molecule has 8 heteroatoms. The highest BCUT2D eigenvalue weighted by molar-refractivity contribution is 5.74. The molecule has 0 amide bonds. The molecule has 2 aromatic carbocycles. The van der Waals surface area contributed by atoms with E-state index < -0.39 is 0 Å². The second kappa shape index (κ2) is 4.19. The number of fused-ring (bicyclic) bond motifs is 2. The minimum Gasteiger partial charge on any atom is -0.128 e. The second-order valence-corrected chi connectivity index (χ2v) is 4.11. The van der Waals surface area contributed by atoms with Gasteiger partial charge < -0.3 is 0 Å². The normalized spacial score (nSPS) is 11.8. The summed E-state index contributed by atoms with van der Waals surface area (Å²) in [6.07, 6.45) is 0. The molecule has 0 saturated heterocycles. The molecule has 0 spiro atoms. The molecular weight excluding hydrogens is 256 g/mol. The van der Waals surface area contributed by atoms with Crippen molar-refractivity contribution in [2.75, 3.05) is 0 Å². The van der Waals surface area contributed by atoms with Gasteiger partial charge in [-0.15, -0.1) is 19.8 Å². The molecule has 0 unspecified atom stereocenters. The second-order valence-electron chi connectivity index (χ2n) is 4.11. The summed E-state index contributed by atoms with van der Waals surface area (Å²) in [5.74, 6) is 0. The van der Waals surface area contributed by atoms with Crippen molar-refractivity contribution in [1.82, 2.24) is 30.2 Å². The molecule has 0 radical (unpaired) electrons. The third kappa shape index (κ3) is 1.62. The summed E-state index contributed by atoms with van der Waals surface area (Å²) in [5.41, 5.74) is 3.08. The molecule has 0 aliphatic carbocycles. The zero-order valence-corrected chi connectivity index (χ0v) is 10.2. The van der Waals surface area contributed by atoms with Crippen LogP contribution in [-0.4, -0.2) is 30.2 Å². The molecule has 96 valence electrons. The van der Waals surface area contributed by atoms with E-state index in [4.69, 9.17) is 0 Å². The standard InChI is InChI=1S/C12H8N8/c1-3-7-11-9(5-1)13-15-19(11)17-18-20-12-8-4-2-6-10(12)14-16-20/h1-8H. The van der Waals surface area contributed by atoms with E-state index in [-0.39, 0.29) is 0 Å². The maximum Gasteiger partial charge on any atom is 0.117 e. The van der Waals surface area contributed by atoms with Crippen molar-refractivity contribution in [1.29, 1.82) is 0 Å². The molecule has 0 fully saturated rings. The fourth-order valence-corrected chi connectivity index (χ4v) is 1.92. The van der Waals surface area contributed by atoms with E-state index in [1.165, 1.54) is 9.58 Å². The van der Waals surface area contributed by atoms with E-state index in [1.54, 1.807) is 0 Å². The molecule has 20 heavy (non-hydrogen) atoms. The van der Waals surface area contributed by atoms with E-state index in [0.717, 1.165) is 22.1 Å². The predicted octanol–water partition coefficient (Wildman–Crippen LogP) is 1.85. The van der Waals surface area contributed by atoms with Gasteiger partial charge in [0.25, 0.3) is 0 Å². The van der Waals surface area contributed by atoms with Crippen LogP contribution >= 0.6 is 0 Å².